The molecule has 148 valence electrons. The number of carbonyl (C=O) groups is 2. The second kappa shape index (κ2) is 9.61. The third-order valence-electron chi connectivity index (χ3n) is 3.98. The molecular weight excluding hydrogens is 392 g/mol. The molecular formula is C22H19ClN2O4. The van der Waals surface area contributed by atoms with Crippen LogP contribution in [0.4, 0.5) is 5.69 Å². The Labute approximate surface area is 173 Å². The fraction of sp³-hybridized carbons (Fsp3) is 0.0909. The first-order valence-corrected chi connectivity index (χ1v) is 9.18. The van der Waals surface area contributed by atoms with E-state index < -0.39 is 0 Å². The summed E-state index contributed by atoms with van der Waals surface area (Å²) in [6, 6.07) is 20.6. The maximum Gasteiger partial charge on any atom is 0.251 e. The Balaban J connectivity index is 1.60. The summed E-state index contributed by atoms with van der Waals surface area (Å²) in [7, 11) is 1.55. The molecule has 7 heteroatoms. The van der Waals surface area contributed by atoms with E-state index in [0.717, 1.165) is 0 Å². The van der Waals surface area contributed by atoms with Crippen molar-refractivity contribution in [2.75, 3.05) is 19.0 Å². The molecule has 3 aromatic rings. The van der Waals surface area contributed by atoms with Gasteiger partial charge in [0.15, 0.2) is 5.75 Å². The minimum atomic E-state index is -0.387. The Kier molecular flexibility index (Phi) is 6.71. The zero-order valence-corrected chi connectivity index (χ0v) is 16.4. The molecule has 6 nitrogen and oxygen atoms in total. The average molecular weight is 411 g/mol. The van der Waals surface area contributed by atoms with E-state index in [2.05, 4.69) is 10.6 Å². The Morgan fingerprint density at radius 3 is 2.24 bits per heavy atom. The van der Waals surface area contributed by atoms with Crippen LogP contribution in [0.25, 0.3) is 0 Å². The van der Waals surface area contributed by atoms with Crippen LogP contribution in [-0.2, 0) is 4.79 Å². The van der Waals surface area contributed by atoms with Crippen LogP contribution < -0.4 is 20.1 Å². The first-order chi connectivity index (χ1) is 14.1. The number of carbonyl (C=O) groups excluding carboxylic acids is 2. The number of ether oxygens (including phenoxy) is 2. The maximum absolute atomic E-state index is 12.3. The number of hydrogen-bond donors (Lipinski definition) is 2. The van der Waals surface area contributed by atoms with Gasteiger partial charge in [0.05, 0.1) is 24.4 Å². The summed E-state index contributed by atoms with van der Waals surface area (Å²) >= 11 is 6.13. The quantitative estimate of drug-likeness (QED) is 0.600. The molecule has 0 spiro atoms. The van der Waals surface area contributed by atoms with Gasteiger partial charge in [-0.05, 0) is 48.5 Å². The van der Waals surface area contributed by atoms with E-state index in [1.807, 2.05) is 0 Å². The molecule has 0 fully saturated rings. The molecule has 0 aliphatic rings. The number of rotatable bonds is 7. The van der Waals surface area contributed by atoms with E-state index in [1.54, 1.807) is 79.9 Å². The molecule has 2 N–H and O–H groups in total. The monoisotopic (exact) mass is 410 g/mol. The fourth-order valence-electron chi connectivity index (χ4n) is 2.50. The van der Waals surface area contributed by atoms with Gasteiger partial charge < -0.3 is 20.1 Å². The number of methoxy groups -OCH3 is 1. The summed E-state index contributed by atoms with van der Waals surface area (Å²) in [4.78, 5) is 24.5. The summed E-state index contributed by atoms with van der Waals surface area (Å²) in [6.07, 6.45) is 0. The molecule has 0 atom stereocenters. The van der Waals surface area contributed by atoms with Crippen LogP contribution in [0.1, 0.15) is 10.4 Å². The number of halogens is 1. The van der Waals surface area contributed by atoms with Crippen molar-refractivity contribution in [1.29, 1.82) is 0 Å². The predicted molar refractivity (Wildman–Crippen MR) is 112 cm³/mol. The average Bonchev–Trinajstić information content (AvgIpc) is 2.75. The van der Waals surface area contributed by atoms with Gasteiger partial charge >= 0.3 is 0 Å². The molecule has 3 rings (SSSR count). The molecule has 0 saturated heterocycles. The van der Waals surface area contributed by atoms with E-state index in [4.69, 9.17) is 21.1 Å². The number of benzene rings is 3. The molecule has 0 aliphatic carbocycles. The van der Waals surface area contributed by atoms with Gasteiger partial charge in [-0.25, -0.2) is 0 Å². The van der Waals surface area contributed by atoms with Gasteiger partial charge in [-0.2, -0.15) is 0 Å². The van der Waals surface area contributed by atoms with Gasteiger partial charge in [-0.1, -0.05) is 35.9 Å². The Bertz CT molecular complexity index is 1010. The van der Waals surface area contributed by atoms with Crippen molar-refractivity contribution in [3.05, 3.63) is 83.4 Å². The molecule has 0 aromatic heterocycles. The van der Waals surface area contributed by atoms with Crippen LogP contribution in [0.2, 0.25) is 5.02 Å². The second-order valence-corrected chi connectivity index (χ2v) is 6.40. The predicted octanol–water partition coefficient (Wildman–Crippen LogP) is 4.51. The van der Waals surface area contributed by atoms with E-state index in [-0.39, 0.29) is 18.4 Å². The van der Waals surface area contributed by atoms with Gasteiger partial charge in [-0.3, -0.25) is 9.59 Å². The minimum Gasteiger partial charge on any atom is -0.497 e. The fourth-order valence-corrected chi connectivity index (χ4v) is 2.68. The van der Waals surface area contributed by atoms with Crippen LogP contribution in [0.15, 0.2) is 72.8 Å². The smallest absolute Gasteiger partial charge is 0.251 e. The summed E-state index contributed by atoms with van der Waals surface area (Å²) in [6.45, 7) is -0.189. The van der Waals surface area contributed by atoms with Crippen LogP contribution in [0.3, 0.4) is 0 Å². The lowest BCUT2D eigenvalue weighted by Crippen LogP contribution is -2.32. The normalized spacial score (nSPS) is 10.1. The van der Waals surface area contributed by atoms with Crippen LogP contribution >= 0.6 is 11.6 Å². The van der Waals surface area contributed by atoms with Crippen molar-refractivity contribution >= 4 is 29.1 Å². The number of anilines is 1. The van der Waals surface area contributed by atoms with Gasteiger partial charge in [0.2, 0.25) is 5.91 Å². The van der Waals surface area contributed by atoms with Crippen molar-refractivity contribution in [1.82, 2.24) is 5.32 Å². The molecule has 3 aromatic carbocycles. The van der Waals surface area contributed by atoms with Crippen molar-refractivity contribution < 1.29 is 19.1 Å². The molecule has 0 unspecified atom stereocenters. The molecule has 29 heavy (non-hydrogen) atoms. The van der Waals surface area contributed by atoms with Crippen molar-refractivity contribution in [2.45, 2.75) is 0 Å². The second-order valence-electron chi connectivity index (χ2n) is 5.99. The molecule has 0 aliphatic heterocycles. The van der Waals surface area contributed by atoms with Crippen LogP contribution in [0, 0.1) is 0 Å². The maximum atomic E-state index is 12.3. The largest absolute Gasteiger partial charge is 0.497 e. The Morgan fingerprint density at radius 2 is 1.55 bits per heavy atom. The highest BCUT2D eigenvalue weighted by Gasteiger charge is 2.12. The van der Waals surface area contributed by atoms with E-state index >= 15 is 0 Å². The lowest BCUT2D eigenvalue weighted by atomic mass is 10.2. The zero-order valence-electron chi connectivity index (χ0n) is 15.6. The van der Waals surface area contributed by atoms with Crippen LogP contribution in [0.5, 0.6) is 17.2 Å². The topological polar surface area (TPSA) is 76.7 Å². The number of amides is 2. The first-order valence-electron chi connectivity index (χ1n) is 8.80. The number of hydrogen-bond acceptors (Lipinski definition) is 4. The van der Waals surface area contributed by atoms with E-state index in [0.29, 0.717) is 33.5 Å². The number of para-hydroxylation sites is 3. The van der Waals surface area contributed by atoms with Gasteiger partial charge in [0.1, 0.15) is 11.5 Å². The number of nitrogens with one attached hydrogen (secondary N) is 2. The highest BCUT2D eigenvalue weighted by atomic mass is 35.5. The highest BCUT2D eigenvalue weighted by molar-refractivity contribution is 6.32. The lowest BCUT2D eigenvalue weighted by molar-refractivity contribution is -0.115. The van der Waals surface area contributed by atoms with Gasteiger partial charge in [-0.15, -0.1) is 0 Å². The van der Waals surface area contributed by atoms with Crippen molar-refractivity contribution in [3.63, 3.8) is 0 Å². The summed E-state index contributed by atoms with van der Waals surface area (Å²) in [5.74, 6) is 0.819. The standard InChI is InChI=1S/C22H19ClN2O4/c1-28-16-12-10-15(11-13-16)22(27)24-14-21(26)25-18-7-3-5-9-20(18)29-19-8-4-2-6-17(19)23/h2-13H,14H2,1H3,(H,24,27)(H,25,26). The zero-order chi connectivity index (χ0) is 20.6. The summed E-state index contributed by atoms with van der Waals surface area (Å²) in [5, 5.41) is 5.77. The molecule has 0 heterocycles. The molecule has 0 bridgehead atoms. The highest BCUT2D eigenvalue weighted by Crippen LogP contribution is 2.33. The third-order valence-corrected chi connectivity index (χ3v) is 4.29. The van der Waals surface area contributed by atoms with E-state index in [9.17, 15) is 9.59 Å². The van der Waals surface area contributed by atoms with Crippen molar-refractivity contribution in [3.8, 4) is 17.2 Å². The van der Waals surface area contributed by atoms with Gasteiger partial charge in [0, 0.05) is 5.56 Å². The summed E-state index contributed by atoms with van der Waals surface area (Å²) < 4.78 is 10.9. The SMILES string of the molecule is COc1ccc(C(=O)NCC(=O)Nc2ccccc2Oc2ccccc2Cl)cc1. The van der Waals surface area contributed by atoms with Crippen molar-refractivity contribution in [2.24, 2.45) is 0 Å². The Morgan fingerprint density at radius 1 is 0.897 bits per heavy atom. The molecule has 0 saturated carbocycles. The minimum absolute atomic E-state index is 0.189. The van der Waals surface area contributed by atoms with Gasteiger partial charge in [0.25, 0.3) is 5.91 Å². The first kappa shape index (κ1) is 20.2. The summed E-state index contributed by atoms with van der Waals surface area (Å²) in [5.41, 5.74) is 0.900. The molecule has 0 radical (unpaired) electrons. The Hall–Kier alpha value is -3.51. The molecule has 2 amide bonds. The van der Waals surface area contributed by atoms with Crippen LogP contribution in [-0.4, -0.2) is 25.5 Å². The third kappa shape index (κ3) is 5.49. The lowest BCUT2D eigenvalue weighted by Gasteiger charge is -2.13. The van der Waals surface area contributed by atoms with E-state index in [1.165, 1.54) is 0 Å².